The quantitative estimate of drug-likeness (QED) is 0.506. The van der Waals surface area contributed by atoms with Crippen LogP contribution in [-0.2, 0) is 4.79 Å². The first-order chi connectivity index (χ1) is 17.9. The molecule has 2 atom stereocenters. The van der Waals surface area contributed by atoms with Crippen molar-refractivity contribution in [2.24, 2.45) is 0 Å². The van der Waals surface area contributed by atoms with Crippen LogP contribution in [0.3, 0.4) is 0 Å². The molecule has 2 aliphatic heterocycles. The summed E-state index contributed by atoms with van der Waals surface area (Å²) in [5.74, 6) is 0.0859. The maximum atomic E-state index is 14.3. The Morgan fingerprint density at radius 1 is 1.00 bits per heavy atom. The normalized spacial score (nSPS) is 19.5. The molecule has 0 N–H and O–H groups in total. The largest absolute Gasteiger partial charge is 0.493 e. The lowest BCUT2D eigenvalue weighted by molar-refractivity contribution is -0.134. The first kappa shape index (κ1) is 24.9. The Hall–Kier alpha value is -3.78. The second-order valence-electron chi connectivity index (χ2n) is 9.21. The van der Waals surface area contributed by atoms with Crippen molar-refractivity contribution in [1.29, 1.82) is 0 Å². The van der Waals surface area contributed by atoms with E-state index < -0.39 is 12.0 Å². The summed E-state index contributed by atoms with van der Waals surface area (Å²) in [7, 11) is 4.81. The van der Waals surface area contributed by atoms with E-state index in [1.165, 1.54) is 7.11 Å². The Balaban J connectivity index is 1.52. The molecule has 2 aliphatic rings. The number of pyridine rings is 1. The average Bonchev–Trinajstić information content (AvgIpc) is 2.94. The summed E-state index contributed by atoms with van der Waals surface area (Å²) < 4.78 is 11.0. The molecule has 5 rings (SSSR count). The zero-order chi connectivity index (χ0) is 26.1. The Morgan fingerprint density at radius 3 is 2.38 bits per heavy atom. The molecule has 192 valence electrons. The van der Waals surface area contributed by atoms with Gasteiger partial charge in [0.15, 0.2) is 11.5 Å². The zero-order valence-corrected chi connectivity index (χ0v) is 21.8. The van der Waals surface area contributed by atoms with Gasteiger partial charge in [0.05, 0.1) is 26.2 Å². The van der Waals surface area contributed by atoms with Crippen LogP contribution in [-0.4, -0.2) is 74.0 Å². The van der Waals surface area contributed by atoms with E-state index in [2.05, 4.69) is 9.88 Å². The molecular formula is C28H29ClN4O4. The summed E-state index contributed by atoms with van der Waals surface area (Å²) in [5, 5.41) is 0.686. The van der Waals surface area contributed by atoms with E-state index in [0.717, 1.165) is 11.3 Å². The van der Waals surface area contributed by atoms with Crippen molar-refractivity contribution in [2.75, 3.05) is 52.3 Å². The number of hydrogen-bond donors (Lipinski definition) is 0. The van der Waals surface area contributed by atoms with Crippen LogP contribution >= 0.6 is 11.6 Å². The van der Waals surface area contributed by atoms with Crippen LogP contribution in [0, 0.1) is 0 Å². The highest BCUT2D eigenvalue weighted by molar-refractivity contribution is 6.30. The van der Waals surface area contributed by atoms with E-state index in [4.69, 9.17) is 21.1 Å². The first-order valence-corrected chi connectivity index (χ1v) is 12.5. The summed E-state index contributed by atoms with van der Waals surface area (Å²) in [4.78, 5) is 37.8. The minimum Gasteiger partial charge on any atom is -0.493 e. The zero-order valence-electron chi connectivity index (χ0n) is 21.1. The van der Waals surface area contributed by atoms with Crippen molar-refractivity contribution in [3.63, 3.8) is 0 Å². The van der Waals surface area contributed by atoms with Gasteiger partial charge in [-0.1, -0.05) is 23.7 Å². The van der Waals surface area contributed by atoms with Gasteiger partial charge < -0.3 is 24.2 Å². The van der Waals surface area contributed by atoms with Gasteiger partial charge >= 0.3 is 0 Å². The van der Waals surface area contributed by atoms with Crippen molar-refractivity contribution in [3.8, 4) is 11.5 Å². The Labute approximate surface area is 221 Å². The van der Waals surface area contributed by atoms with Gasteiger partial charge in [-0.25, -0.2) is 0 Å². The van der Waals surface area contributed by atoms with E-state index in [0.29, 0.717) is 53.8 Å². The number of benzene rings is 2. The van der Waals surface area contributed by atoms with Crippen LogP contribution in [0.25, 0.3) is 0 Å². The first-order valence-electron chi connectivity index (χ1n) is 12.1. The predicted molar refractivity (Wildman–Crippen MR) is 142 cm³/mol. The minimum atomic E-state index is -0.626. The van der Waals surface area contributed by atoms with Gasteiger partial charge in [-0.3, -0.25) is 14.6 Å². The number of aromatic nitrogens is 1. The number of carbonyl (C=O) groups is 2. The summed E-state index contributed by atoms with van der Waals surface area (Å²) in [6.45, 7) is 2.48. The van der Waals surface area contributed by atoms with Gasteiger partial charge in [-0.05, 0) is 47.5 Å². The van der Waals surface area contributed by atoms with E-state index in [1.807, 2.05) is 41.3 Å². The lowest BCUT2D eigenvalue weighted by atomic mass is 9.79. The number of methoxy groups -OCH3 is 2. The number of rotatable bonds is 5. The Morgan fingerprint density at radius 2 is 1.73 bits per heavy atom. The molecule has 1 fully saturated rings. The minimum absolute atomic E-state index is 0.0348. The summed E-state index contributed by atoms with van der Waals surface area (Å²) in [5.41, 5.74) is 2.92. The van der Waals surface area contributed by atoms with Crippen molar-refractivity contribution in [1.82, 2.24) is 14.8 Å². The number of anilines is 1. The lowest BCUT2D eigenvalue weighted by Gasteiger charge is -2.43. The molecule has 37 heavy (non-hydrogen) atoms. The van der Waals surface area contributed by atoms with Crippen molar-refractivity contribution >= 4 is 29.1 Å². The highest BCUT2D eigenvalue weighted by Crippen LogP contribution is 2.46. The van der Waals surface area contributed by atoms with Crippen LogP contribution in [0.5, 0.6) is 11.5 Å². The smallest absolute Gasteiger partial charge is 0.254 e. The molecule has 0 radical (unpaired) electrons. The van der Waals surface area contributed by atoms with E-state index in [1.54, 1.807) is 43.6 Å². The molecule has 9 heteroatoms. The molecular weight excluding hydrogens is 492 g/mol. The number of piperazine rings is 1. The summed E-state index contributed by atoms with van der Waals surface area (Å²) in [6, 6.07) is 14.4. The van der Waals surface area contributed by atoms with Crippen LogP contribution < -0.4 is 14.4 Å². The van der Waals surface area contributed by atoms with E-state index in [9.17, 15) is 9.59 Å². The standard InChI is InChI=1S/C28H29ClN4O4/c1-31-26(18-6-5-9-30-17-18)25(21-15-23(36-2)24(37-3)16-22(21)27(31)34)28(35)33-12-10-32(11-13-33)20-8-4-7-19(29)14-20/h4-9,14-17,25-26H,10-13H2,1-3H3/t25-,26+/m0/s1. The average molecular weight is 521 g/mol. The predicted octanol–water partition coefficient (Wildman–Crippen LogP) is 4.01. The highest BCUT2D eigenvalue weighted by Gasteiger charge is 2.45. The second kappa shape index (κ2) is 10.3. The van der Waals surface area contributed by atoms with Gasteiger partial charge in [-0.15, -0.1) is 0 Å². The fourth-order valence-electron chi connectivity index (χ4n) is 5.34. The van der Waals surface area contributed by atoms with Crippen molar-refractivity contribution in [2.45, 2.75) is 12.0 Å². The fourth-order valence-corrected chi connectivity index (χ4v) is 5.52. The van der Waals surface area contributed by atoms with Crippen molar-refractivity contribution in [3.05, 3.63) is 82.6 Å². The number of carbonyl (C=O) groups excluding carboxylic acids is 2. The fraction of sp³-hybridized carbons (Fsp3) is 0.321. The number of nitrogens with zero attached hydrogens (tertiary/aromatic N) is 4. The third kappa shape index (κ3) is 4.57. The molecule has 0 bridgehead atoms. The third-order valence-corrected chi connectivity index (χ3v) is 7.47. The topological polar surface area (TPSA) is 75.2 Å². The van der Waals surface area contributed by atoms with Gasteiger partial charge in [-0.2, -0.15) is 0 Å². The van der Waals surface area contributed by atoms with Gasteiger partial charge in [0.1, 0.15) is 0 Å². The number of fused-ring (bicyclic) bond motifs is 1. The number of amides is 2. The van der Waals surface area contributed by atoms with E-state index in [-0.39, 0.29) is 11.8 Å². The second-order valence-corrected chi connectivity index (χ2v) is 9.65. The maximum Gasteiger partial charge on any atom is 0.254 e. The van der Waals surface area contributed by atoms with Crippen LogP contribution in [0.15, 0.2) is 60.9 Å². The molecule has 1 saturated heterocycles. The lowest BCUT2D eigenvalue weighted by Crippen LogP contribution is -2.53. The third-order valence-electron chi connectivity index (χ3n) is 7.23. The van der Waals surface area contributed by atoms with Crippen molar-refractivity contribution < 1.29 is 19.1 Å². The SMILES string of the molecule is COc1cc2c(cc1OC)[C@H](C(=O)N1CCN(c3cccc(Cl)c3)CC1)[C@@H](c1cccnc1)N(C)C2=O. The number of halogens is 1. The molecule has 8 nitrogen and oxygen atoms in total. The molecule has 0 unspecified atom stereocenters. The number of likely N-dealkylation sites (N-methyl/N-ethyl adjacent to an activating group) is 1. The molecule has 1 aromatic heterocycles. The van der Waals surface area contributed by atoms with Gasteiger partial charge in [0.25, 0.3) is 5.91 Å². The molecule has 3 aromatic rings. The monoisotopic (exact) mass is 520 g/mol. The molecule has 0 saturated carbocycles. The highest BCUT2D eigenvalue weighted by atomic mass is 35.5. The molecule has 2 amide bonds. The van der Waals surface area contributed by atoms with Crippen LogP contribution in [0.2, 0.25) is 5.02 Å². The Kier molecular flexibility index (Phi) is 6.93. The maximum absolute atomic E-state index is 14.3. The van der Waals surface area contributed by atoms with Crippen LogP contribution in [0.1, 0.15) is 33.4 Å². The summed E-state index contributed by atoms with van der Waals surface area (Å²) in [6.07, 6.45) is 3.40. The van der Waals surface area contributed by atoms with Gasteiger partial charge in [0, 0.05) is 61.9 Å². The number of hydrogen-bond acceptors (Lipinski definition) is 6. The van der Waals surface area contributed by atoms with Crippen LogP contribution in [0.4, 0.5) is 5.69 Å². The summed E-state index contributed by atoms with van der Waals surface area (Å²) >= 11 is 6.19. The Bertz CT molecular complexity index is 1310. The van der Waals surface area contributed by atoms with Gasteiger partial charge in [0.2, 0.25) is 5.91 Å². The molecule has 2 aromatic carbocycles. The number of ether oxygens (including phenoxy) is 2. The molecule has 0 spiro atoms. The van der Waals surface area contributed by atoms with E-state index >= 15 is 0 Å². The molecule has 0 aliphatic carbocycles. The molecule has 3 heterocycles.